The molecule has 2 heteroatoms. The summed E-state index contributed by atoms with van der Waals surface area (Å²) >= 11 is 0. The van der Waals surface area contributed by atoms with E-state index in [2.05, 4.69) is 6.92 Å². The minimum absolute atomic E-state index is 0.0729. The number of hydrogen-bond donors (Lipinski definition) is 0. The molecule has 0 aromatic heterocycles. The Morgan fingerprint density at radius 3 is 2.67 bits per heavy atom. The van der Waals surface area contributed by atoms with Crippen molar-refractivity contribution >= 4 is 5.97 Å². The molecule has 0 saturated heterocycles. The average molecular weight is 170 g/mol. The van der Waals surface area contributed by atoms with Crippen molar-refractivity contribution in [3.05, 3.63) is 12.2 Å². The van der Waals surface area contributed by atoms with Gasteiger partial charge in [-0.15, -0.1) is 0 Å². The van der Waals surface area contributed by atoms with E-state index in [1.54, 1.807) is 0 Å². The number of esters is 1. The molecule has 0 radical (unpaired) electrons. The fraction of sp³-hybridized carbons (Fsp3) is 0.700. The topological polar surface area (TPSA) is 26.3 Å². The molecule has 0 aromatic rings. The van der Waals surface area contributed by atoms with Crippen LogP contribution in [-0.2, 0) is 9.53 Å². The highest BCUT2D eigenvalue weighted by molar-refractivity contribution is 5.66. The summed E-state index contributed by atoms with van der Waals surface area (Å²) in [6, 6.07) is 0. The van der Waals surface area contributed by atoms with E-state index < -0.39 is 0 Å². The molecule has 0 aromatic carbocycles. The third kappa shape index (κ3) is 5.96. The lowest BCUT2D eigenvalue weighted by atomic mass is 10.1. The van der Waals surface area contributed by atoms with Crippen molar-refractivity contribution in [3.8, 4) is 0 Å². The van der Waals surface area contributed by atoms with E-state index in [9.17, 15) is 4.79 Å². The Labute approximate surface area is 74.6 Å². The van der Waals surface area contributed by atoms with Crippen LogP contribution >= 0.6 is 0 Å². The number of carbonyl (C=O) groups is 1. The van der Waals surface area contributed by atoms with Gasteiger partial charge in [0.15, 0.2) is 0 Å². The van der Waals surface area contributed by atoms with E-state index in [1.165, 1.54) is 6.92 Å². The predicted molar refractivity (Wildman–Crippen MR) is 49.9 cm³/mol. The standard InChI is InChI=1S/C10H18O2/c1-4-6-8-10(7-5-2)12-9(3)11/h4,6,10H,5,7-8H2,1-3H3. The van der Waals surface area contributed by atoms with Gasteiger partial charge in [-0.25, -0.2) is 0 Å². The molecule has 1 unspecified atom stereocenters. The van der Waals surface area contributed by atoms with Crippen LogP contribution in [-0.4, -0.2) is 12.1 Å². The van der Waals surface area contributed by atoms with Crippen molar-refractivity contribution in [3.63, 3.8) is 0 Å². The minimum atomic E-state index is -0.182. The summed E-state index contributed by atoms with van der Waals surface area (Å²) in [6.07, 6.45) is 6.92. The monoisotopic (exact) mass is 170 g/mol. The summed E-state index contributed by atoms with van der Waals surface area (Å²) in [5.74, 6) is -0.182. The molecule has 1 atom stereocenters. The number of carbonyl (C=O) groups excluding carboxylic acids is 1. The van der Waals surface area contributed by atoms with Crippen molar-refractivity contribution in [2.24, 2.45) is 0 Å². The molecular formula is C10H18O2. The maximum Gasteiger partial charge on any atom is 0.302 e. The molecule has 12 heavy (non-hydrogen) atoms. The van der Waals surface area contributed by atoms with Crippen molar-refractivity contribution in [1.82, 2.24) is 0 Å². The Hall–Kier alpha value is -0.790. The third-order valence-electron chi connectivity index (χ3n) is 1.58. The summed E-state index contributed by atoms with van der Waals surface area (Å²) in [5.41, 5.74) is 0. The smallest absolute Gasteiger partial charge is 0.302 e. The number of allylic oxidation sites excluding steroid dienone is 1. The van der Waals surface area contributed by atoms with Gasteiger partial charge in [0.25, 0.3) is 0 Å². The van der Waals surface area contributed by atoms with Gasteiger partial charge in [-0.1, -0.05) is 25.5 Å². The minimum Gasteiger partial charge on any atom is -0.462 e. The Kier molecular flexibility index (Phi) is 6.44. The maximum atomic E-state index is 10.6. The lowest BCUT2D eigenvalue weighted by Gasteiger charge is -2.13. The second kappa shape index (κ2) is 6.89. The Morgan fingerprint density at radius 1 is 1.58 bits per heavy atom. The van der Waals surface area contributed by atoms with E-state index in [4.69, 9.17) is 4.74 Å². The zero-order valence-corrected chi connectivity index (χ0v) is 8.17. The molecule has 2 nitrogen and oxygen atoms in total. The first-order valence-electron chi connectivity index (χ1n) is 4.49. The van der Waals surface area contributed by atoms with Crippen molar-refractivity contribution in [2.75, 3.05) is 0 Å². The van der Waals surface area contributed by atoms with Gasteiger partial charge in [0.2, 0.25) is 0 Å². The van der Waals surface area contributed by atoms with Gasteiger partial charge in [0, 0.05) is 13.3 Å². The molecule has 0 aliphatic rings. The van der Waals surface area contributed by atoms with Crippen molar-refractivity contribution in [1.29, 1.82) is 0 Å². The molecule has 0 saturated carbocycles. The van der Waals surface area contributed by atoms with Crippen LogP contribution < -0.4 is 0 Å². The fourth-order valence-corrected chi connectivity index (χ4v) is 1.07. The van der Waals surface area contributed by atoms with Crippen LogP contribution in [0, 0.1) is 0 Å². The quantitative estimate of drug-likeness (QED) is 0.468. The first-order chi connectivity index (χ1) is 5.70. The zero-order chi connectivity index (χ0) is 9.40. The second-order valence-electron chi connectivity index (χ2n) is 2.82. The van der Waals surface area contributed by atoms with Gasteiger partial charge in [0.1, 0.15) is 6.10 Å². The Bertz CT molecular complexity index is 150. The normalized spacial score (nSPS) is 13.2. The summed E-state index contributed by atoms with van der Waals surface area (Å²) in [6.45, 7) is 5.52. The van der Waals surface area contributed by atoms with Crippen LogP contribution in [0.4, 0.5) is 0 Å². The van der Waals surface area contributed by atoms with E-state index in [-0.39, 0.29) is 12.1 Å². The molecule has 0 aliphatic heterocycles. The lowest BCUT2D eigenvalue weighted by Crippen LogP contribution is -2.14. The third-order valence-corrected chi connectivity index (χ3v) is 1.58. The van der Waals surface area contributed by atoms with Crippen LogP contribution in [0.25, 0.3) is 0 Å². The molecule has 0 aliphatic carbocycles. The van der Waals surface area contributed by atoms with Gasteiger partial charge < -0.3 is 4.74 Å². The van der Waals surface area contributed by atoms with E-state index in [1.807, 2.05) is 19.1 Å². The van der Waals surface area contributed by atoms with Crippen LogP contribution in [0.15, 0.2) is 12.2 Å². The van der Waals surface area contributed by atoms with E-state index in [0.717, 1.165) is 19.3 Å². The van der Waals surface area contributed by atoms with Gasteiger partial charge in [0.05, 0.1) is 0 Å². The molecular weight excluding hydrogens is 152 g/mol. The fourth-order valence-electron chi connectivity index (χ4n) is 1.07. The maximum absolute atomic E-state index is 10.6. The largest absolute Gasteiger partial charge is 0.462 e. The molecule has 70 valence electrons. The van der Waals surface area contributed by atoms with E-state index >= 15 is 0 Å². The Morgan fingerprint density at radius 2 is 2.25 bits per heavy atom. The van der Waals surface area contributed by atoms with Crippen LogP contribution in [0.1, 0.15) is 40.0 Å². The van der Waals surface area contributed by atoms with E-state index in [0.29, 0.717) is 0 Å². The average Bonchev–Trinajstić information content (AvgIpc) is 2.00. The second-order valence-corrected chi connectivity index (χ2v) is 2.82. The van der Waals surface area contributed by atoms with Gasteiger partial charge in [-0.05, 0) is 13.3 Å². The molecule has 0 bridgehead atoms. The molecule has 0 rings (SSSR count). The summed E-state index contributed by atoms with van der Waals surface area (Å²) in [4.78, 5) is 10.6. The first kappa shape index (κ1) is 11.2. The molecule has 0 spiro atoms. The molecule has 0 amide bonds. The summed E-state index contributed by atoms with van der Waals surface area (Å²) in [5, 5.41) is 0. The molecule has 0 heterocycles. The van der Waals surface area contributed by atoms with Gasteiger partial charge >= 0.3 is 5.97 Å². The number of rotatable bonds is 5. The molecule has 0 fully saturated rings. The SMILES string of the molecule is CC=CCC(CCC)OC(C)=O. The van der Waals surface area contributed by atoms with Crippen molar-refractivity contribution < 1.29 is 9.53 Å². The highest BCUT2D eigenvalue weighted by Gasteiger charge is 2.07. The van der Waals surface area contributed by atoms with Crippen molar-refractivity contribution in [2.45, 2.75) is 46.1 Å². The summed E-state index contributed by atoms with van der Waals surface area (Å²) < 4.78 is 5.10. The summed E-state index contributed by atoms with van der Waals surface area (Å²) in [7, 11) is 0. The number of hydrogen-bond acceptors (Lipinski definition) is 2. The Balaban J connectivity index is 3.76. The first-order valence-corrected chi connectivity index (χ1v) is 4.49. The molecule has 0 N–H and O–H groups in total. The lowest BCUT2D eigenvalue weighted by molar-refractivity contribution is -0.146. The number of ether oxygens (including phenoxy) is 1. The van der Waals surface area contributed by atoms with Crippen LogP contribution in [0.2, 0.25) is 0 Å². The van der Waals surface area contributed by atoms with Gasteiger partial charge in [-0.3, -0.25) is 4.79 Å². The van der Waals surface area contributed by atoms with Crippen LogP contribution in [0.3, 0.4) is 0 Å². The highest BCUT2D eigenvalue weighted by Crippen LogP contribution is 2.07. The van der Waals surface area contributed by atoms with Gasteiger partial charge in [-0.2, -0.15) is 0 Å². The highest BCUT2D eigenvalue weighted by atomic mass is 16.5. The predicted octanol–water partition coefficient (Wildman–Crippen LogP) is 2.68. The van der Waals surface area contributed by atoms with Crippen LogP contribution in [0.5, 0.6) is 0 Å². The zero-order valence-electron chi connectivity index (χ0n) is 8.17.